The third kappa shape index (κ3) is 2.57. The Hall–Kier alpha value is -1.32. The highest BCUT2D eigenvalue weighted by molar-refractivity contribution is 7.14. The lowest BCUT2D eigenvalue weighted by Crippen LogP contribution is -2.01. The number of carbonyl (C=O) groups is 1. The van der Waals surface area contributed by atoms with Crippen molar-refractivity contribution in [2.45, 2.75) is 13.3 Å². The van der Waals surface area contributed by atoms with E-state index < -0.39 is 0 Å². The first kappa shape index (κ1) is 13.1. The molecule has 94 valence electrons. The first-order valence-electron chi connectivity index (χ1n) is 5.62. The van der Waals surface area contributed by atoms with Gasteiger partial charge in [0.15, 0.2) is 0 Å². The molecule has 1 heterocycles. The zero-order chi connectivity index (χ0) is 13.1. The molecule has 1 aromatic carbocycles. The second-order valence-corrected chi connectivity index (χ2v) is 5.40. The van der Waals surface area contributed by atoms with Crippen LogP contribution in [0.4, 0.5) is 0 Å². The monoisotopic (exact) mass is 280 g/mol. The second-order valence-electron chi connectivity index (χ2n) is 3.79. The van der Waals surface area contributed by atoms with Crippen molar-refractivity contribution in [3.63, 3.8) is 0 Å². The number of hydrogen-bond acceptors (Lipinski definition) is 3. The van der Waals surface area contributed by atoms with Gasteiger partial charge in [0.25, 0.3) is 0 Å². The summed E-state index contributed by atoms with van der Waals surface area (Å²) in [5.74, 6) is 0.509. The highest BCUT2D eigenvalue weighted by Gasteiger charge is 2.16. The number of aryl methyl sites for hydroxylation is 1. The number of hydrogen-bond donors (Lipinski definition) is 0. The third-order valence-electron chi connectivity index (χ3n) is 2.64. The zero-order valence-corrected chi connectivity index (χ0v) is 11.8. The lowest BCUT2D eigenvalue weighted by molar-refractivity contribution is 0.103. The highest BCUT2D eigenvalue weighted by Crippen LogP contribution is 2.28. The topological polar surface area (TPSA) is 26.3 Å². The quantitative estimate of drug-likeness (QED) is 0.785. The van der Waals surface area contributed by atoms with Crippen molar-refractivity contribution in [1.29, 1.82) is 0 Å². The van der Waals surface area contributed by atoms with E-state index >= 15 is 0 Å². The average Bonchev–Trinajstić information content (AvgIpc) is 2.86. The molecule has 4 heteroatoms. The molecule has 2 aromatic rings. The lowest BCUT2D eigenvalue weighted by Gasteiger charge is -2.06. The van der Waals surface area contributed by atoms with Crippen molar-refractivity contribution in [1.82, 2.24) is 0 Å². The molecule has 2 nitrogen and oxygen atoms in total. The maximum Gasteiger partial charge on any atom is 0.206 e. The molecule has 0 bridgehead atoms. The third-order valence-corrected chi connectivity index (χ3v) is 4.10. The number of thiophene rings is 1. The standard InChI is InChI=1S/C14H13ClO2S/c1-3-10-5-7-13(18-10)14(16)11-8-9(15)4-6-12(11)17-2/h4-8H,3H2,1-2H3. The molecular weight excluding hydrogens is 268 g/mol. The number of ether oxygens (including phenoxy) is 1. The van der Waals surface area contributed by atoms with Gasteiger partial charge >= 0.3 is 0 Å². The Balaban J connectivity index is 2.41. The van der Waals surface area contributed by atoms with Gasteiger partial charge < -0.3 is 4.74 Å². The molecular formula is C14H13ClO2S. The van der Waals surface area contributed by atoms with Gasteiger partial charge in [-0.2, -0.15) is 0 Å². The van der Waals surface area contributed by atoms with Gasteiger partial charge in [0.2, 0.25) is 5.78 Å². The normalized spacial score (nSPS) is 10.4. The SMILES string of the molecule is CCc1ccc(C(=O)c2cc(Cl)ccc2OC)s1. The van der Waals surface area contributed by atoms with Crippen LogP contribution < -0.4 is 4.74 Å². The Morgan fingerprint density at radius 1 is 1.33 bits per heavy atom. The largest absolute Gasteiger partial charge is 0.496 e. The fraction of sp³-hybridized carbons (Fsp3) is 0.214. The van der Waals surface area contributed by atoms with Crippen LogP contribution >= 0.6 is 22.9 Å². The fourth-order valence-electron chi connectivity index (χ4n) is 1.68. The van der Waals surface area contributed by atoms with Gasteiger partial charge in [-0.25, -0.2) is 0 Å². The molecule has 0 N–H and O–H groups in total. The maximum atomic E-state index is 12.4. The molecule has 0 amide bonds. The van der Waals surface area contributed by atoms with Crippen LogP contribution in [0.1, 0.15) is 27.0 Å². The van der Waals surface area contributed by atoms with Crippen LogP contribution in [0.5, 0.6) is 5.75 Å². The Bertz CT molecular complexity index is 575. The van der Waals surface area contributed by atoms with Gasteiger partial charge in [0, 0.05) is 9.90 Å². The molecule has 0 saturated carbocycles. The van der Waals surface area contributed by atoms with E-state index in [1.165, 1.54) is 16.2 Å². The van der Waals surface area contributed by atoms with Crippen LogP contribution in [0, 0.1) is 0 Å². The van der Waals surface area contributed by atoms with E-state index in [0.717, 1.165) is 6.42 Å². The van der Waals surface area contributed by atoms with Gasteiger partial charge in [-0.3, -0.25) is 4.79 Å². The molecule has 0 fully saturated rings. The van der Waals surface area contributed by atoms with E-state index in [0.29, 0.717) is 21.2 Å². The number of rotatable bonds is 4. The van der Waals surface area contributed by atoms with Crippen LogP contribution in [-0.2, 0) is 6.42 Å². The van der Waals surface area contributed by atoms with E-state index in [9.17, 15) is 4.79 Å². The fourth-order valence-corrected chi connectivity index (χ4v) is 2.75. The maximum absolute atomic E-state index is 12.4. The smallest absolute Gasteiger partial charge is 0.206 e. The summed E-state index contributed by atoms with van der Waals surface area (Å²) < 4.78 is 5.20. The Morgan fingerprint density at radius 2 is 2.11 bits per heavy atom. The second kappa shape index (κ2) is 5.55. The van der Waals surface area contributed by atoms with Crippen molar-refractivity contribution in [2.24, 2.45) is 0 Å². The number of ketones is 1. The first-order chi connectivity index (χ1) is 8.65. The minimum atomic E-state index is -0.0425. The van der Waals surface area contributed by atoms with Gasteiger partial charge in [0.1, 0.15) is 5.75 Å². The van der Waals surface area contributed by atoms with E-state index in [1.54, 1.807) is 25.3 Å². The molecule has 0 atom stereocenters. The zero-order valence-electron chi connectivity index (χ0n) is 10.2. The summed E-state index contributed by atoms with van der Waals surface area (Å²) in [4.78, 5) is 14.3. The molecule has 0 radical (unpaired) electrons. The molecule has 0 aliphatic rings. The predicted octanol–water partition coefficient (Wildman–Crippen LogP) is 4.20. The summed E-state index contributed by atoms with van der Waals surface area (Å²) in [6, 6.07) is 8.90. The molecule has 0 unspecified atom stereocenters. The lowest BCUT2D eigenvalue weighted by atomic mass is 10.1. The Morgan fingerprint density at radius 3 is 2.72 bits per heavy atom. The van der Waals surface area contributed by atoms with E-state index in [-0.39, 0.29) is 5.78 Å². The van der Waals surface area contributed by atoms with Gasteiger partial charge in [-0.05, 0) is 36.8 Å². The van der Waals surface area contributed by atoms with E-state index in [4.69, 9.17) is 16.3 Å². The predicted molar refractivity (Wildman–Crippen MR) is 75.1 cm³/mol. The molecule has 0 spiro atoms. The summed E-state index contributed by atoms with van der Waals surface area (Å²) in [5, 5.41) is 0.534. The van der Waals surface area contributed by atoms with Gasteiger partial charge in [-0.15, -0.1) is 11.3 Å². The van der Waals surface area contributed by atoms with Crippen molar-refractivity contribution in [2.75, 3.05) is 7.11 Å². The minimum absolute atomic E-state index is 0.0425. The number of carbonyl (C=O) groups excluding carboxylic acids is 1. The molecule has 0 saturated heterocycles. The van der Waals surface area contributed by atoms with Crippen LogP contribution in [0.25, 0.3) is 0 Å². The summed E-state index contributed by atoms with van der Waals surface area (Å²) >= 11 is 7.45. The Labute approximate surface area is 115 Å². The van der Waals surface area contributed by atoms with Gasteiger partial charge in [-0.1, -0.05) is 18.5 Å². The van der Waals surface area contributed by atoms with Crippen LogP contribution in [0.15, 0.2) is 30.3 Å². The van der Waals surface area contributed by atoms with E-state index in [2.05, 4.69) is 6.92 Å². The molecule has 0 aliphatic heterocycles. The molecule has 18 heavy (non-hydrogen) atoms. The van der Waals surface area contributed by atoms with Crippen LogP contribution in [0.3, 0.4) is 0 Å². The van der Waals surface area contributed by atoms with Crippen molar-refractivity contribution in [3.05, 3.63) is 50.7 Å². The summed E-state index contributed by atoms with van der Waals surface area (Å²) in [7, 11) is 1.55. The number of benzene rings is 1. The molecule has 1 aromatic heterocycles. The van der Waals surface area contributed by atoms with Crippen molar-refractivity contribution >= 4 is 28.7 Å². The number of halogens is 1. The van der Waals surface area contributed by atoms with E-state index in [1.807, 2.05) is 12.1 Å². The van der Waals surface area contributed by atoms with Crippen molar-refractivity contribution in [3.8, 4) is 5.75 Å². The summed E-state index contributed by atoms with van der Waals surface area (Å²) in [6.07, 6.45) is 0.935. The Kier molecular flexibility index (Phi) is 4.04. The number of methoxy groups -OCH3 is 1. The first-order valence-corrected chi connectivity index (χ1v) is 6.82. The van der Waals surface area contributed by atoms with Crippen molar-refractivity contribution < 1.29 is 9.53 Å². The average molecular weight is 281 g/mol. The van der Waals surface area contributed by atoms with Crippen LogP contribution in [-0.4, -0.2) is 12.9 Å². The summed E-state index contributed by atoms with van der Waals surface area (Å²) in [5.41, 5.74) is 0.509. The van der Waals surface area contributed by atoms with Gasteiger partial charge in [0.05, 0.1) is 17.6 Å². The minimum Gasteiger partial charge on any atom is -0.496 e. The summed E-state index contributed by atoms with van der Waals surface area (Å²) in [6.45, 7) is 2.07. The molecule has 2 rings (SSSR count). The highest BCUT2D eigenvalue weighted by atomic mass is 35.5. The molecule has 0 aliphatic carbocycles. The van der Waals surface area contributed by atoms with Crippen LogP contribution in [0.2, 0.25) is 5.02 Å².